The Hall–Kier alpha value is -3.85. The monoisotopic (exact) mass is 707 g/mol. The molecule has 2 aliphatic rings. The van der Waals surface area contributed by atoms with Crippen LogP contribution < -0.4 is 5.32 Å². The highest BCUT2D eigenvalue weighted by molar-refractivity contribution is 7.19. The van der Waals surface area contributed by atoms with Crippen LogP contribution in [0.5, 0.6) is 0 Å². The van der Waals surface area contributed by atoms with E-state index in [9.17, 15) is 9.59 Å². The third kappa shape index (κ3) is 6.39. The molecule has 0 amide bonds. The molecule has 5 heterocycles. The Balaban J connectivity index is 0.000000161. The van der Waals surface area contributed by atoms with Gasteiger partial charge >= 0.3 is 11.9 Å². The smallest absolute Gasteiger partial charge is 0.309 e. The van der Waals surface area contributed by atoms with Crippen LogP contribution in [-0.4, -0.2) is 54.7 Å². The summed E-state index contributed by atoms with van der Waals surface area (Å²) in [4.78, 5) is 45.5. The first kappa shape index (κ1) is 31.7. The zero-order valence-electron chi connectivity index (χ0n) is 25.6. The van der Waals surface area contributed by atoms with Gasteiger partial charge in [-0.25, -0.2) is 19.9 Å². The lowest BCUT2D eigenvalue weighted by Crippen LogP contribution is -2.23. The van der Waals surface area contributed by atoms with Crippen molar-refractivity contribution in [3.63, 3.8) is 0 Å². The van der Waals surface area contributed by atoms with E-state index in [0.717, 1.165) is 74.3 Å². The molecule has 15 heteroatoms. The van der Waals surface area contributed by atoms with Crippen LogP contribution in [0.1, 0.15) is 47.6 Å². The van der Waals surface area contributed by atoms with Gasteiger partial charge in [-0.15, -0.1) is 27.8 Å². The second-order valence-electron chi connectivity index (χ2n) is 11.2. The van der Waals surface area contributed by atoms with Gasteiger partial charge in [-0.3, -0.25) is 9.59 Å². The number of hydrogen-bond donors (Lipinski definition) is 1. The van der Waals surface area contributed by atoms with Crippen LogP contribution in [0.25, 0.3) is 30.6 Å². The first-order chi connectivity index (χ1) is 22.9. The number of fused-ring (bicyclic) bond motifs is 7. The summed E-state index contributed by atoms with van der Waals surface area (Å²) in [5.74, 6) is 0.511. The van der Waals surface area contributed by atoms with Gasteiger partial charge in [0.05, 0.1) is 40.5 Å². The maximum atomic E-state index is 12.1. The van der Waals surface area contributed by atoms with E-state index in [1.807, 2.05) is 32.0 Å². The van der Waals surface area contributed by atoms with Crippen molar-refractivity contribution in [2.45, 2.75) is 52.4 Å². The first-order valence-electron chi connectivity index (χ1n) is 15.4. The number of hydrogen-bond acceptors (Lipinski definition) is 14. The molecule has 242 valence electrons. The number of nitrogens with zero attached hydrogens (tertiary/aromatic N) is 6. The summed E-state index contributed by atoms with van der Waals surface area (Å²) in [6.45, 7) is 4.54. The largest absolute Gasteiger partial charge is 0.466 e. The number of carbonyl (C=O) groups excluding carboxylic acids is 2. The van der Waals surface area contributed by atoms with Crippen LogP contribution in [0, 0.1) is 11.8 Å². The lowest BCUT2D eigenvalue weighted by molar-refractivity contribution is -0.149. The Bertz CT molecular complexity index is 2110. The molecule has 47 heavy (non-hydrogen) atoms. The van der Waals surface area contributed by atoms with Gasteiger partial charge in [0.2, 0.25) is 0 Å². The van der Waals surface area contributed by atoms with Crippen LogP contribution in [0.3, 0.4) is 0 Å². The maximum Gasteiger partial charge on any atom is 0.309 e. The normalized spacial score (nSPS) is 17.1. The second-order valence-corrected chi connectivity index (χ2v) is 14.5. The van der Waals surface area contributed by atoms with Crippen molar-refractivity contribution in [2.75, 3.05) is 18.5 Å². The van der Waals surface area contributed by atoms with E-state index in [-0.39, 0.29) is 23.8 Å². The Morgan fingerprint density at radius 2 is 1.49 bits per heavy atom. The summed E-state index contributed by atoms with van der Waals surface area (Å²) in [5.41, 5.74) is 4.30. The SMILES string of the molecule is CCOC(=O)[C@H]1CCc2c(sc3ncnc(Cl)c23)C1.CCOC(=O)[C@H]1CCc2c(sc3ncnc(Nc4ccc5nnsc5c4)c23)C1. The standard InChI is InChI=1S/C19H17N5O2S2.C13H13ClN2O2S/c1-2-26-19(25)10-3-5-12-14(7-10)27-18-16(12)17(20-9-21-18)22-11-4-6-13-15(8-11)28-24-23-13;1-2-18-13(17)7-3-4-8-9(5-7)19-12-10(8)11(14)15-6-16-12/h4,6,8-10H,2-3,5,7H2,1H3,(H,20,21,22);6-7H,2-5H2,1H3/t10-;7-/m00/s1. The van der Waals surface area contributed by atoms with Gasteiger partial charge in [0.1, 0.15) is 38.8 Å². The number of carbonyl (C=O) groups is 2. The van der Waals surface area contributed by atoms with E-state index in [2.05, 4.69) is 34.8 Å². The van der Waals surface area contributed by atoms with E-state index < -0.39 is 0 Å². The van der Waals surface area contributed by atoms with Crippen molar-refractivity contribution in [3.05, 3.63) is 56.9 Å². The lowest BCUT2D eigenvalue weighted by Gasteiger charge is -2.20. The van der Waals surface area contributed by atoms with Crippen molar-refractivity contribution in [3.8, 4) is 0 Å². The lowest BCUT2D eigenvalue weighted by atomic mass is 9.88. The second kappa shape index (κ2) is 13.7. The molecule has 0 spiro atoms. The van der Waals surface area contributed by atoms with Crippen LogP contribution in [0.15, 0.2) is 30.9 Å². The van der Waals surface area contributed by atoms with E-state index in [4.69, 9.17) is 21.1 Å². The quantitative estimate of drug-likeness (QED) is 0.140. The summed E-state index contributed by atoms with van der Waals surface area (Å²) in [7, 11) is 0. The minimum atomic E-state index is -0.0958. The number of thiophene rings is 2. The fourth-order valence-corrected chi connectivity index (χ4v) is 9.63. The van der Waals surface area contributed by atoms with Gasteiger partial charge in [-0.1, -0.05) is 16.1 Å². The molecule has 0 saturated heterocycles. The molecule has 0 fully saturated rings. The van der Waals surface area contributed by atoms with Crippen LogP contribution in [0.2, 0.25) is 5.15 Å². The van der Waals surface area contributed by atoms with Gasteiger partial charge in [0.25, 0.3) is 0 Å². The molecular weight excluding hydrogens is 678 g/mol. The Labute approximate surface area is 286 Å². The number of benzene rings is 1. The highest BCUT2D eigenvalue weighted by Crippen LogP contribution is 2.41. The Morgan fingerprint density at radius 3 is 2.15 bits per heavy atom. The topological polar surface area (TPSA) is 142 Å². The number of ether oxygens (including phenoxy) is 2. The molecular formula is C32H30ClN7O4S3. The summed E-state index contributed by atoms with van der Waals surface area (Å²) in [6.07, 6.45) is 7.79. The molecule has 2 atom stereocenters. The number of aryl methyl sites for hydroxylation is 2. The third-order valence-electron chi connectivity index (χ3n) is 8.39. The number of anilines is 2. The molecule has 11 nitrogen and oxygen atoms in total. The van der Waals surface area contributed by atoms with Gasteiger partial charge in [0, 0.05) is 15.4 Å². The Morgan fingerprint density at radius 1 is 0.872 bits per heavy atom. The number of nitrogens with one attached hydrogen (secondary N) is 1. The van der Waals surface area contributed by atoms with Gasteiger partial charge in [-0.05, 0) is 93.2 Å². The first-order valence-corrected chi connectivity index (χ1v) is 18.2. The molecule has 6 aromatic rings. The van der Waals surface area contributed by atoms with Gasteiger partial charge < -0.3 is 14.8 Å². The highest BCUT2D eigenvalue weighted by Gasteiger charge is 2.31. The molecule has 0 saturated carbocycles. The zero-order valence-corrected chi connectivity index (χ0v) is 28.8. The van der Waals surface area contributed by atoms with Crippen molar-refractivity contribution < 1.29 is 19.1 Å². The molecule has 2 aliphatic carbocycles. The zero-order chi connectivity index (χ0) is 32.5. The highest BCUT2D eigenvalue weighted by atomic mass is 35.5. The summed E-state index contributed by atoms with van der Waals surface area (Å²) >= 11 is 10.8. The Kier molecular flexibility index (Phi) is 9.26. The molecule has 5 aromatic heterocycles. The van der Waals surface area contributed by atoms with Crippen molar-refractivity contribution in [2.24, 2.45) is 11.8 Å². The average molecular weight is 708 g/mol. The summed E-state index contributed by atoms with van der Waals surface area (Å²) in [5, 5.41) is 10.1. The van der Waals surface area contributed by atoms with Gasteiger partial charge in [0.15, 0.2) is 0 Å². The predicted octanol–water partition coefficient (Wildman–Crippen LogP) is 7.12. The molecule has 0 unspecified atom stereocenters. The number of esters is 2. The molecule has 1 aromatic carbocycles. The van der Waals surface area contributed by atoms with Crippen molar-refractivity contribution in [1.29, 1.82) is 0 Å². The number of aromatic nitrogens is 6. The molecule has 0 radical (unpaired) electrons. The maximum absolute atomic E-state index is 12.1. The van der Waals surface area contributed by atoms with Crippen LogP contribution >= 0.6 is 45.8 Å². The fourth-order valence-electron chi connectivity index (χ4n) is 6.19. The molecule has 0 aliphatic heterocycles. The molecule has 1 N–H and O–H groups in total. The number of rotatable bonds is 6. The molecule has 0 bridgehead atoms. The molecule has 8 rings (SSSR count). The van der Waals surface area contributed by atoms with Crippen molar-refractivity contribution >= 4 is 99.9 Å². The van der Waals surface area contributed by atoms with E-state index in [1.54, 1.807) is 29.0 Å². The minimum Gasteiger partial charge on any atom is -0.466 e. The van der Waals surface area contributed by atoms with E-state index >= 15 is 0 Å². The predicted molar refractivity (Wildman–Crippen MR) is 185 cm³/mol. The van der Waals surface area contributed by atoms with Crippen LogP contribution in [-0.2, 0) is 44.7 Å². The van der Waals surface area contributed by atoms with E-state index in [0.29, 0.717) is 24.8 Å². The number of halogens is 1. The summed E-state index contributed by atoms with van der Waals surface area (Å²) < 4.78 is 15.3. The third-order valence-corrected chi connectivity index (χ3v) is 11.7. The minimum absolute atomic E-state index is 0.0350. The van der Waals surface area contributed by atoms with Crippen molar-refractivity contribution in [1.82, 2.24) is 29.5 Å². The van der Waals surface area contributed by atoms with Gasteiger partial charge in [-0.2, -0.15) is 0 Å². The van der Waals surface area contributed by atoms with E-state index in [1.165, 1.54) is 38.7 Å². The fraction of sp³-hybridized carbons (Fsp3) is 0.375. The van der Waals surface area contributed by atoms with Crippen LogP contribution in [0.4, 0.5) is 11.5 Å². The average Bonchev–Trinajstić information content (AvgIpc) is 3.80. The summed E-state index contributed by atoms with van der Waals surface area (Å²) in [6, 6.07) is 5.96.